The average molecular weight is 448 g/mol. The Morgan fingerprint density at radius 2 is 1.67 bits per heavy atom. The summed E-state index contributed by atoms with van der Waals surface area (Å²) in [5.74, 6) is -1.78. The summed E-state index contributed by atoms with van der Waals surface area (Å²) >= 11 is 0. The maximum atomic E-state index is 13.8. The van der Waals surface area contributed by atoms with Crippen LogP contribution in [0.4, 0.5) is 4.39 Å². The van der Waals surface area contributed by atoms with Crippen LogP contribution in [0.5, 0.6) is 0 Å². The van der Waals surface area contributed by atoms with Crippen molar-refractivity contribution in [3.63, 3.8) is 0 Å². The summed E-state index contributed by atoms with van der Waals surface area (Å²) in [5, 5.41) is 12.0. The van der Waals surface area contributed by atoms with Crippen LogP contribution in [0, 0.1) is 5.82 Å². The van der Waals surface area contributed by atoms with E-state index in [2.05, 4.69) is 0 Å². The number of carbonyl (C=O) groups is 2. The molecule has 4 aromatic rings. The van der Waals surface area contributed by atoms with Gasteiger partial charge in [0.05, 0.1) is 5.52 Å². The molecule has 33 heavy (non-hydrogen) atoms. The second kappa shape index (κ2) is 8.33. The molecule has 6 nitrogen and oxygen atoms in total. The first-order chi connectivity index (χ1) is 15.6. The zero-order chi connectivity index (χ0) is 23.9. The van der Waals surface area contributed by atoms with E-state index < -0.39 is 23.6 Å². The number of halogens is 1. The van der Waals surface area contributed by atoms with Gasteiger partial charge < -0.3 is 20.1 Å². The van der Waals surface area contributed by atoms with E-state index in [4.69, 9.17) is 10.5 Å². The minimum atomic E-state index is -1.57. The number of ether oxygens (including phenoxy) is 1. The minimum Gasteiger partial charge on any atom is -0.458 e. The number of aromatic nitrogens is 1. The summed E-state index contributed by atoms with van der Waals surface area (Å²) in [6.45, 7) is 5.46. The molecule has 7 heteroatoms. The third kappa shape index (κ3) is 4.32. The molecule has 1 amide bonds. The molecule has 1 atom stereocenters. The third-order valence-electron chi connectivity index (χ3n) is 5.37. The van der Waals surface area contributed by atoms with Gasteiger partial charge in [-0.1, -0.05) is 30.3 Å². The second-order valence-electron chi connectivity index (χ2n) is 8.96. The number of aliphatic hydroxyl groups excluding tert-OH is 1. The maximum absolute atomic E-state index is 13.8. The number of fused-ring (bicyclic) bond motifs is 3. The summed E-state index contributed by atoms with van der Waals surface area (Å²) in [6, 6.07) is 16.6. The van der Waals surface area contributed by atoms with Gasteiger partial charge in [0.1, 0.15) is 11.4 Å². The first-order valence-electron chi connectivity index (χ1n) is 10.6. The summed E-state index contributed by atoms with van der Waals surface area (Å²) in [4.78, 5) is 25.0. The summed E-state index contributed by atoms with van der Waals surface area (Å²) in [7, 11) is 0. The number of esters is 1. The minimum absolute atomic E-state index is 0.263. The Kier molecular flexibility index (Phi) is 5.68. The van der Waals surface area contributed by atoms with Gasteiger partial charge in [0.2, 0.25) is 5.91 Å². The first-order valence-corrected chi connectivity index (χ1v) is 10.6. The number of benzene rings is 3. The number of aliphatic hydroxyl groups is 1. The van der Waals surface area contributed by atoms with E-state index in [1.54, 1.807) is 57.2 Å². The molecule has 0 saturated carbocycles. The van der Waals surface area contributed by atoms with E-state index in [-0.39, 0.29) is 11.4 Å². The summed E-state index contributed by atoms with van der Waals surface area (Å²) in [5.41, 5.74) is 7.52. The highest BCUT2D eigenvalue weighted by molar-refractivity contribution is 6.19. The number of nitrogens with two attached hydrogens (primary N) is 1. The van der Waals surface area contributed by atoms with Crippen LogP contribution in [0.25, 0.3) is 21.8 Å². The zero-order valence-corrected chi connectivity index (χ0v) is 18.6. The molecule has 0 spiro atoms. The van der Waals surface area contributed by atoms with Gasteiger partial charge in [-0.05, 0) is 56.7 Å². The van der Waals surface area contributed by atoms with E-state index in [0.717, 1.165) is 5.56 Å². The monoisotopic (exact) mass is 448 g/mol. The molecular formula is C26H25FN2O4. The number of amides is 1. The van der Waals surface area contributed by atoms with Crippen molar-refractivity contribution in [1.29, 1.82) is 0 Å². The molecule has 3 N–H and O–H groups in total. The van der Waals surface area contributed by atoms with Gasteiger partial charge in [-0.15, -0.1) is 0 Å². The molecule has 0 radical (unpaired) electrons. The Hall–Kier alpha value is -3.71. The molecular weight excluding hydrogens is 423 g/mol. The highest BCUT2D eigenvalue weighted by Gasteiger charge is 2.28. The molecule has 0 aliphatic heterocycles. The number of nitrogens with zero attached hydrogens (tertiary/aromatic N) is 1. The highest BCUT2D eigenvalue weighted by atomic mass is 19.1. The lowest BCUT2D eigenvalue weighted by molar-refractivity contribution is -0.165. The lowest BCUT2D eigenvalue weighted by atomic mass is 9.98. The Morgan fingerprint density at radius 1 is 1.03 bits per heavy atom. The molecule has 0 saturated heterocycles. The van der Waals surface area contributed by atoms with Crippen molar-refractivity contribution in [2.45, 2.75) is 39.0 Å². The van der Waals surface area contributed by atoms with Gasteiger partial charge in [0.25, 0.3) is 0 Å². The number of hydrogen-bond donors (Lipinski definition) is 2. The lowest BCUT2D eigenvalue weighted by Crippen LogP contribution is -2.27. The standard InChI is InChI=1S/C26H25FN2O4/c1-26(2,3)33-25(32)23(30)17-9-5-11-19-21(17)22-18(24(28)31)10-6-12-20(22)29(19)14-15-7-4-8-16(27)13-15/h4-13,23,30H,14H2,1-3H3,(H2,28,31). The second-order valence-corrected chi connectivity index (χ2v) is 8.96. The molecule has 1 aromatic heterocycles. The Bertz CT molecular complexity index is 1380. The fraction of sp³-hybridized carbons (Fsp3) is 0.231. The van der Waals surface area contributed by atoms with E-state index in [1.807, 2.05) is 16.7 Å². The lowest BCUT2D eigenvalue weighted by Gasteiger charge is -2.22. The van der Waals surface area contributed by atoms with Crippen LogP contribution in [0.3, 0.4) is 0 Å². The first kappa shape index (κ1) is 22.5. The molecule has 0 aliphatic carbocycles. The van der Waals surface area contributed by atoms with Crippen molar-refractivity contribution >= 4 is 33.7 Å². The van der Waals surface area contributed by atoms with E-state index in [9.17, 15) is 19.1 Å². The fourth-order valence-corrected chi connectivity index (χ4v) is 4.12. The van der Waals surface area contributed by atoms with E-state index in [1.165, 1.54) is 12.1 Å². The van der Waals surface area contributed by atoms with Gasteiger partial charge in [-0.25, -0.2) is 9.18 Å². The van der Waals surface area contributed by atoms with Gasteiger partial charge in [0.15, 0.2) is 6.10 Å². The van der Waals surface area contributed by atoms with Crippen LogP contribution < -0.4 is 5.73 Å². The molecule has 4 rings (SSSR count). The van der Waals surface area contributed by atoms with Crippen molar-refractivity contribution in [3.8, 4) is 0 Å². The van der Waals surface area contributed by atoms with Crippen LogP contribution >= 0.6 is 0 Å². The van der Waals surface area contributed by atoms with Gasteiger partial charge in [-0.3, -0.25) is 4.79 Å². The Morgan fingerprint density at radius 3 is 2.30 bits per heavy atom. The van der Waals surface area contributed by atoms with Crippen LogP contribution in [0.2, 0.25) is 0 Å². The van der Waals surface area contributed by atoms with Crippen LogP contribution in [0.15, 0.2) is 60.7 Å². The largest absolute Gasteiger partial charge is 0.458 e. The Labute approximate surface area is 190 Å². The number of hydrogen-bond acceptors (Lipinski definition) is 4. The van der Waals surface area contributed by atoms with E-state index in [0.29, 0.717) is 33.9 Å². The van der Waals surface area contributed by atoms with Crippen molar-refractivity contribution in [2.75, 3.05) is 0 Å². The normalized spacial score (nSPS) is 12.8. The number of carbonyl (C=O) groups excluding carboxylic acids is 2. The van der Waals surface area contributed by atoms with Gasteiger partial charge in [0, 0.05) is 34.0 Å². The highest BCUT2D eigenvalue weighted by Crippen LogP contribution is 2.37. The quantitative estimate of drug-likeness (QED) is 0.441. The predicted molar refractivity (Wildman–Crippen MR) is 124 cm³/mol. The topological polar surface area (TPSA) is 94.6 Å². The smallest absolute Gasteiger partial charge is 0.340 e. The number of rotatable bonds is 5. The van der Waals surface area contributed by atoms with Crippen molar-refractivity contribution in [1.82, 2.24) is 4.57 Å². The molecule has 0 aliphatic rings. The van der Waals surface area contributed by atoms with Gasteiger partial charge in [-0.2, -0.15) is 0 Å². The maximum Gasteiger partial charge on any atom is 0.340 e. The Balaban J connectivity index is 2.00. The average Bonchev–Trinajstić information content (AvgIpc) is 3.06. The van der Waals surface area contributed by atoms with Crippen LogP contribution in [-0.4, -0.2) is 27.2 Å². The van der Waals surface area contributed by atoms with Crippen molar-refractivity contribution < 1.29 is 23.8 Å². The molecule has 1 heterocycles. The fourth-order valence-electron chi connectivity index (χ4n) is 4.12. The van der Waals surface area contributed by atoms with Crippen LogP contribution in [0.1, 0.15) is 48.4 Å². The molecule has 170 valence electrons. The van der Waals surface area contributed by atoms with Crippen LogP contribution in [-0.2, 0) is 16.1 Å². The summed E-state index contributed by atoms with van der Waals surface area (Å²) in [6.07, 6.45) is -1.57. The molecule has 0 bridgehead atoms. The molecule has 0 fully saturated rings. The number of primary amides is 1. The summed E-state index contributed by atoms with van der Waals surface area (Å²) < 4.78 is 21.1. The predicted octanol–water partition coefficient (Wildman–Crippen LogP) is 4.46. The van der Waals surface area contributed by atoms with Crippen molar-refractivity contribution in [2.24, 2.45) is 5.73 Å². The molecule has 1 unspecified atom stereocenters. The van der Waals surface area contributed by atoms with Crippen molar-refractivity contribution in [3.05, 3.63) is 83.2 Å². The van der Waals surface area contributed by atoms with Gasteiger partial charge >= 0.3 is 5.97 Å². The SMILES string of the molecule is CC(C)(C)OC(=O)C(O)c1cccc2c1c1c(C(N)=O)cccc1n2Cc1cccc(F)c1. The molecule has 3 aromatic carbocycles. The van der Waals surface area contributed by atoms with E-state index >= 15 is 0 Å². The third-order valence-corrected chi connectivity index (χ3v) is 5.37. The zero-order valence-electron chi connectivity index (χ0n) is 18.6.